The van der Waals surface area contributed by atoms with Crippen LogP contribution in [0.2, 0.25) is 0 Å². The molecule has 1 heterocycles. The maximum absolute atomic E-state index is 11.5. The second-order valence-corrected chi connectivity index (χ2v) is 1.12. The predicted octanol–water partition coefficient (Wildman–Crippen LogP) is -0.752. The van der Waals surface area contributed by atoms with Crippen LogP contribution in [0.1, 0.15) is 6.92 Å². The molecule has 1 aliphatic rings. The zero-order chi connectivity index (χ0) is 3.91. The van der Waals surface area contributed by atoms with Crippen LogP contribution in [0.3, 0.4) is 0 Å². The molecular weight excluding hydrogens is 97.3 g/mol. The lowest BCUT2D eigenvalue weighted by molar-refractivity contribution is 0.161. The van der Waals surface area contributed by atoms with E-state index in [1.807, 2.05) is 5.48 Å². The molecule has 0 aliphatic carbocycles. The molecule has 1 unspecified atom stereocenters. The molecule has 0 aromatic heterocycles. The first-order chi connectivity index (χ1) is 2.21. The van der Waals surface area contributed by atoms with Gasteiger partial charge in [0.15, 0.2) is 0 Å². The number of hydrogen-bond donors (Lipinski definition) is 1. The van der Waals surface area contributed by atoms with Gasteiger partial charge in [-0.1, -0.05) is 0 Å². The first-order valence-corrected chi connectivity index (χ1v) is 1.35. The Morgan fingerprint density at radius 3 is 2.00 bits per heavy atom. The van der Waals surface area contributed by atoms with E-state index >= 15 is 0 Å². The largest absolute Gasteiger partial charge is 0.316 e. The molecule has 1 N–H and O–H groups in total. The number of hydroxylamine groups is 1. The molecule has 0 aromatic carbocycles. The number of halogens is 1. The monoisotopic (exact) mass is 103 g/mol. The standard InChI is InChI=1S/C2H4FNO.Mg.2H/c1-2(3)4-5-2;;;/h4H,1H3;;;. The molecule has 0 amide bonds. The van der Waals surface area contributed by atoms with Crippen molar-refractivity contribution in [1.29, 1.82) is 0 Å². The SMILES string of the molecule is CC1(F)NO1.[MgH2]. The Morgan fingerprint density at radius 2 is 2.00 bits per heavy atom. The molecule has 0 aromatic rings. The third-order valence-corrected chi connectivity index (χ3v) is 0.383. The summed E-state index contributed by atoms with van der Waals surface area (Å²) in [6.45, 7) is 1.30. The zero-order valence-corrected chi connectivity index (χ0v) is 2.79. The van der Waals surface area contributed by atoms with Gasteiger partial charge in [-0.3, -0.25) is 0 Å². The van der Waals surface area contributed by atoms with Gasteiger partial charge in [-0.2, -0.15) is 4.39 Å². The zero-order valence-electron chi connectivity index (χ0n) is 2.79. The van der Waals surface area contributed by atoms with Crippen molar-refractivity contribution in [2.45, 2.75) is 12.9 Å². The third-order valence-electron chi connectivity index (χ3n) is 0.383. The summed E-state index contributed by atoms with van der Waals surface area (Å²) in [6, 6.07) is 0. The fraction of sp³-hybridized carbons (Fsp3) is 1.00. The molecule has 4 heteroatoms. The van der Waals surface area contributed by atoms with Crippen molar-refractivity contribution >= 4 is 23.1 Å². The number of rotatable bonds is 0. The van der Waals surface area contributed by atoms with E-state index in [4.69, 9.17) is 0 Å². The Bertz CT molecular complexity index is 51.5. The van der Waals surface area contributed by atoms with Gasteiger partial charge < -0.3 is 0 Å². The highest BCUT2D eigenvalue weighted by Gasteiger charge is 2.38. The van der Waals surface area contributed by atoms with Crippen molar-refractivity contribution in [1.82, 2.24) is 5.48 Å². The molecule has 0 bridgehead atoms. The van der Waals surface area contributed by atoms with E-state index in [0.717, 1.165) is 0 Å². The van der Waals surface area contributed by atoms with E-state index in [1.165, 1.54) is 6.92 Å². The van der Waals surface area contributed by atoms with Crippen LogP contribution < -0.4 is 5.48 Å². The number of nitrogens with one attached hydrogen (secondary N) is 1. The van der Waals surface area contributed by atoms with Gasteiger partial charge in [0.25, 0.3) is 0 Å². The second-order valence-electron chi connectivity index (χ2n) is 1.12. The lowest BCUT2D eigenvalue weighted by Crippen LogP contribution is -1.95. The Labute approximate surface area is 51.2 Å². The number of alkyl halides is 1. The maximum atomic E-state index is 11.5. The lowest BCUT2D eigenvalue weighted by atomic mass is 10.7. The minimum atomic E-state index is -1.50. The van der Waals surface area contributed by atoms with Crippen molar-refractivity contribution in [2.75, 3.05) is 0 Å². The van der Waals surface area contributed by atoms with Crippen LogP contribution in [0.4, 0.5) is 4.39 Å². The summed E-state index contributed by atoms with van der Waals surface area (Å²) in [5.74, 6) is -1.50. The fourth-order valence-electron chi connectivity index (χ4n) is 0.0703. The van der Waals surface area contributed by atoms with Crippen LogP contribution in [0.5, 0.6) is 0 Å². The van der Waals surface area contributed by atoms with Crippen LogP contribution in [0.25, 0.3) is 0 Å². The first-order valence-electron chi connectivity index (χ1n) is 1.35. The van der Waals surface area contributed by atoms with Crippen molar-refractivity contribution in [3.63, 3.8) is 0 Å². The average Bonchev–Trinajstić information content (AvgIpc) is 1.76. The highest BCUT2D eigenvalue weighted by Crippen LogP contribution is 2.17. The Kier molecular flexibility index (Phi) is 1.78. The van der Waals surface area contributed by atoms with Gasteiger partial charge in [-0.05, 0) is 0 Å². The van der Waals surface area contributed by atoms with Gasteiger partial charge in [0.2, 0.25) is 0 Å². The topological polar surface area (TPSA) is 34.5 Å². The summed E-state index contributed by atoms with van der Waals surface area (Å²) < 4.78 is 11.5. The molecule has 1 atom stereocenters. The molecule has 1 fully saturated rings. The van der Waals surface area contributed by atoms with Crippen LogP contribution in [0, 0.1) is 0 Å². The van der Waals surface area contributed by atoms with Gasteiger partial charge in [0.1, 0.15) is 0 Å². The van der Waals surface area contributed by atoms with E-state index in [1.54, 1.807) is 0 Å². The minimum Gasteiger partial charge on any atom is -0.240 e. The Balaban J connectivity index is 0.000000250. The quantitative estimate of drug-likeness (QED) is 0.249. The van der Waals surface area contributed by atoms with Gasteiger partial charge in [-0.25, -0.2) is 4.84 Å². The van der Waals surface area contributed by atoms with Gasteiger partial charge in [-0.15, -0.1) is 5.48 Å². The van der Waals surface area contributed by atoms with E-state index in [-0.39, 0.29) is 23.1 Å². The van der Waals surface area contributed by atoms with Crippen LogP contribution in [-0.4, -0.2) is 29.0 Å². The molecule has 34 valence electrons. The van der Waals surface area contributed by atoms with Crippen molar-refractivity contribution in [3.8, 4) is 0 Å². The van der Waals surface area contributed by atoms with Crippen LogP contribution >= 0.6 is 0 Å². The molecule has 1 saturated heterocycles. The molecule has 6 heavy (non-hydrogen) atoms. The predicted molar refractivity (Wildman–Crippen MR) is 22.3 cm³/mol. The second kappa shape index (κ2) is 1.61. The summed E-state index contributed by atoms with van der Waals surface area (Å²) in [5.41, 5.74) is 2.01. The minimum absolute atomic E-state index is 0. The van der Waals surface area contributed by atoms with Crippen LogP contribution in [-0.2, 0) is 4.84 Å². The van der Waals surface area contributed by atoms with Crippen molar-refractivity contribution in [2.24, 2.45) is 0 Å². The molecule has 1 aliphatic heterocycles. The summed E-state index contributed by atoms with van der Waals surface area (Å²) in [7, 11) is 0. The van der Waals surface area contributed by atoms with Crippen molar-refractivity contribution in [3.05, 3.63) is 0 Å². The summed E-state index contributed by atoms with van der Waals surface area (Å²) in [6.07, 6.45) is 0. The molecule has 0 radical (unpaired) electrons. The van der Waals surface area contributed by atoms with Gasteiger partial charge in [0, 0.05) is 6.92 Å². The third kappa shape index (κ3) is 1.91. The van der Waals surface area contributed by atoms with Crippen molar-refractivity contribution < 1.29 is 9.23 Å². The molecular formula is C2H6FMgNO. The Morgan fingerprint density at radius 1 is 1.83 bits per heavy atom. The fourth-order valence-corrected chi connectivity index (χ4v) is 0.0703. The van der Waals surface area contributed by atoms with Crippen LogP contribution in [0.15, 0.2) is 0 Å². The van der Waals surface area contributed by atoms with E-state index in [9.17, 15) is 4.39 Å². The van der Waals surface area contributed by atoms with Gasteiger partial charge >= 0.3 is 29.0 Å². The molecule has 1 rings (SSSR count). The normalized spacial score (nSPS) is 41.0. The Hall–Kier alpha value is 0.616. The van der Waals surface area contributed by atoms with E-state index < -0.39 is 5.98 Å². The number of hydrogen-bond acceptors (Lipinski definition) is 2. The lowest BCUT2D eigenvalue weighted by Gasteiger charge is -1.72. The highest BCUT2D eigenvalue weighted by molar-refractivity contribution is 5.75. The molecule has 0 spiro atoms. The van der Waals surface area contributed by atoms with E-state index in [2.05, 4.69) is 4.84 Å². The smallest absolute Gasteiger partial charge is 0.240 e. The van der Waals surface area contributed by atoms with Gasteiger partial charge in [0.05, 0.1) is 0 Å². The average molecular weight is 103 g/mol. The first kappa shape index (κ1) is 6.62. The molecule has 2 nitrogen and oxygen atoms in total. The van der Waals surface area contributed by atoms with E-state index in [0.29, 0.717) is 0 Å². The summed E-state index contributed by atoms with van der Waals surface area (Å²) >= 11 is 0. The summed E-state index contributed by atoms with van der Waals surface area (Å²) in [5, 5.41) is 0. The summed E-state index contributed by atoms with van der Waals surface area (Å²) in [4.78, 5) is 3.98. The highest BCUT2D eigenvalue weighted by atomic mass is 24.3. The maximum Gasteiger partial charge on any atom is 0.316 e. The molecule has 0 saturated carbocycles.